The van der Waals surface area contributed by atoms with Gasteiger partial charge in [-0.05, 0) is 33.1 Å². The number of alkyl halides is 3. The van der Waals surface area contributed by atoms with Gasteiger partial charge >= 0.3 is 6.18 Å². The van der Waals surface area contributed by atoms with Crippen LogP contribution in [-0.4, -0.2) is 23.7 Å². The largest absolute Gasteiger partial charge is 0.389 e. The summed E-state index contributed by atoms with van der Waals surface area (Å²) in [6.45, 7) is 5.34. The number of carbonyl (C=O) groups is 1. The van der Waals surface area contributed by atoms with Gasteiger partial charge in [0.1, 0.15) is 0 Å². The van der Waals surface area contributed by atoms with E-state index >= 15 is 0 Å². The molecule has 2 unspecified atom stereocenters. The average molecular weight is 254 g/mol. The standard InChI is InChI=1S/C11H21F3N2O/c1-4-8(2)16-10(3,9(15)17)6-5-7-11(12,13)14/h8,16H,4-7H2,1-3H3,(H2,15,17). The summed E-state index contributed by atoms with van der Waals surface area (Å²) in [6.07, 6.45) is -4.31. The van der Waals surface area contributed by atoms with E-state index in [2.05, 4.69) is 5.32 Å². The van der Waals surface area contributed by atoms with Crippen LogP contribution in [0.3, 0.4) is 0 Å². The molecule has 3 N–H and O–H groups in total. The van der Waals surface area contributed by atoms with E-state index in [1.165, 1.54) is 0 Å². The fourth-order valence-electron chi connectivity index (χ4n) is 1.55. The summed E-state index contributed by atoms with van der Waals surface area (Å²) in [5.74, 6) is -0.611. The maximum Gasteiger partial charge on any atom is 0.389 e. The van der Waals surface area contributed by atoms with Gasteiger partial charge in [-0.1, -0.05) is 6.92 Å². The molecular formula is C11H21F3N2O. The maximum absolute atomic E-state index is 12.0. The number of nitrogens with one attached hydrogen (secondary N) is 1. The molecule has 0 saturated carbocycles. The van der Waals surface area contributed by atoms with Crippen LogP contribution in [0.15, 0.2) is 0 Å². The van der Waals surface area contributed by atoms with Crippen LogP contribution in [-0.2, 0) is 4.79 Å². The predicted octanol–water partition coefficient (Wildman–Crippen LogP) is 2.35. The van der Waals surface area contributed by atoms with Crippen LogP contribution in [0.25, 0.3) is 0 Å². The Kier molecular flexibility index (Phi) is 5.95. The highest BCUT2D eigenvalue weighted by Gasteiger charge is 2.34. The number of nitrogens with two attached hydrogens (primary N) is 1. The first-order chi connectivity index (χ1) is 7.60. The highest BCUT2D eigenvalue weighted by molar-refractivity contribution is 5.84. The highest BCUT2D eigenvalue weighted by atomic mass is 19.4. The minimum absolute atomic E-state index is 0.0402. The van der Waals surface area contributed by atoms with E-state index in [0.29, 0.717) is 0 Å². The summed E-state index contributed by atoms with van der Waals surface area (Å²) in [4.78, 5) is 11.3. The van der Waals surface area contributed by atoms with Gasteiger partial charge in [-0.25, -0.2) is 0 Å². The first kappa shape index (κ1) is 16.2. The third kappa shape index (κ3) is 6.51. The molecule has 1 amide bonds. The summed E-state index contributed by atoms with van der Waals surface area (Å²) in [5, 5.41) is 2.99. The van der Waals surface area contributed by atoms with Crippen molar-refractivity contribution in [2.24, 2.45) is 5.73 Å². The molecule has 2 atom stereocenters. The van der Waals surface area contributed by atoms with Crippen molar-refractivity contribution >= 4 is 5.91 Å². The highest BCUT2D eigenvalue weighted by Crippen LogP contribution is 2.25. The van der Waals surface area contributed by atoms with Crippen LogP contribution in [0.5, 0.6) is 0 Å². The SMILES string of the molecule is CCC(C)NC(C)(CCCC(F)(F)F)C(N)=O. The van der Waals surface area contributed by atoms with E-state index in [4.69, 9.17) is 5.73 Å². The molecule has 0 aromatic carbocycles. The predicted molar refractivity (Wildman–Crippen MR) is 60.4 cm³/mol. The number of hydrogen-bond acceptors (Lipinski definition) is 2. The van der Waals surface area contributed by atoms with Crippen molar-refractivity contribution in [1.29, 1.82) is 0 Å². The van der Waals surface area contributed by atoms with E-state index in [-0.39, 0.29) is 18.9 Å². The molecule has 102 valence electrons. The molecule has 0 aliphatic heterocycles. The van der Waals surface area contributed by atoms with E-state index in [0.717, 1.165) is 6.42 Å². The lowest BCUT2D eigenvalue weighted by Crippen LogP contribution is -2.56. The second kappa shape index (κ2) is 6.23. The van der Waals surface area contributed by atoms with Crippen molar-refractivity contribution in [3.05, 3.63) is 0 Å². The van der Waals surface area contributed by atoms with E-state index < -0.39 is 24.0 Å². The molecule has 0 heterocycles. The molecular weight excluding hydrogens is 233 g/mol. The Bertz CT molecular complexity index is 256. The Morgan fingerprint density at radius 2 is 1.88 bits per heavy atom. The quantitative estimate of drug-likeness (QED) is 0.732. The van der Waals surface area contributed by atoms with Gasteiger partial charge in [-0.2, -0.15) is 13.2 Å². The van der Waals surface area contributed by atoms with Crippen LogP contribution in [0.4, 0.5) is 13.2 Å². The second-order valence-corrected chi connectivity index (χ2v) is 4.62. The van der Waals surface area contributed by atoms with E-state index in [9.17, 15) is 18.0 Å². The van der Waals surface area contributed by atoms with Gasteiger partial charge in [-0.3, -0.25) is 4.79 Å². The van der Waals surface area contributed by atoms with Crippen LogP contribution < -0.4 is 11.1 Å². The number of primary amides is 1. The second-order valence-electron chi connectivity index (χ2n) is 4.62. The van der Waals surface area contributed by atoms with Gasteiger partial charge in [0.15, 0.2) is 0 Å². The minimum Gasteiger partial charge on any atom is -0.368 e. The van der Waals surface area contributed by atoms with Crippen molar-refractivity contribution in [1.82, 2.24) is 5.32 Å². The van der Waals surface area contributed by atoms with Crippen molar-refractivity contribution < 1.29 is 18.0 Å². The van der Waals surface area contributed by atoms with E-state index in [1.54, 1.807) is 6.92 Å². The van der Waals surface area contributed by atoms with Crippen LogP contribution in [0, 0.1) is 0 Å². The van der Waals surface area contributed by atoms with Gasteiger partial charge in [-0.15, -0.1) is 0 Å². The first-order valence-corrected chi connectivity index (χ1v) is 5.75. The smallest absolute Gasteiger partial charge is 0.368 e. The van der Waals surface area contributed by atoms with Gasteiger partial charge in [0.25, 0.3) is 0 Å². The van der Waals surface area contributed by atoms with Crippen molar-refractivity contribution in [2.45, 2.75) is 64.2 Å². The lowest BCUT2D eigenvalue weighted by atomic mass is 9.92. The normalized spacial score (nSPS) is 17.5. The molecule has 3 nitrogen and oxygen atoms in total. The number of rotatable bonds is 7. The number of carbonyl (C=O) groups excluding carboxylic acids is 1. The molecule has 0 aromatic rings. The molecule has 0 aromatic heterocycles. The Balaban J connectivity index is 4.37. The number of hydrogen-bond donors (Lipinski definition) is 2. The molecule has 0 fully saturated rings. The summed E-state index contributed by atoms with van der Waals surface area (Å²) in [6, 6.07) is 0.0402. The lowest BCUT2D eigenvalue weighted by Gasteiger charge is -2.31. The third-order valence-electron chi connectivity index (χ3n) is 2.86. The molecule has 0 bridgehead atoms. The zero-order valence-corrected chi connectivity index (χ0v) is 10.5. The molecule has 0 radical (unpaired) electrons. The van der Waals surface area contributed by atoms with Crippen molar-refractivity contribution in [3.8, 4) is 0 Å². The van der Waals surface area contributed by atoms with Crippen LogP contribution in [0.2, 0.25) is 0 Å². The average Bonchev–Trinajstić information content (AvgIpc) is 2.15. The topological polar surface area (TPSA) is 55.1 Å². The zero-order valence-electron chi connectivity index (χ0n) is 10.5. The molecule has 0 rings (SSSR count). The Morgan fingerprint density at radius 3 is 2.24 bits per heavy atom. The molecule has 17 heavy (non-hydrogen) atoms. The summed E-state index contributed by atoms with van der Waals surface area (Å²) in [5.41, 5.74) is 4.17. The molecule has 6 heteroatoms. The zero-order chi connectivity index (χ0) is 13.7. The monoisotopic (exact) mass is 254 g/mol. The number of halogens is 3. The van der Waals surface area contributed by atoms with Crippen LogP contribution in [0.1, 0.15) is 46.5 Å². The number of amides is 1. The molecule has 0 spiro atoms. The third-order valence-corrected chi connectivity index (χ3v) is 2.86. The van der Waals surface area contributed by atoms with Crippen molar-refractivity contribution in [2.75, 3.05) is 0 Å². The summed E-state index contributed by atoms with van der Waals surface area (Å²) < 4.78 is 36.1. The van der Waals surface area contributed by atoms with Gasteiger partial charge in [0, 0.05) is 12.5 Å². The van der Waals surface area contributed by atoms with Gasteiger partial charge < -0.3 is 11.1 Å². The Hall–Kier alpha value is -0.780. The molecule has 0 aliphatic rings. The maximum atomic E-state index is 12.0. The van der Waals surface area contributed by atoms with Gasteiger partial charge in [0.05, 0.1) is 5.54 Å². The van der Waals surface area contributed by atoms with Gasteiger partial charge in [0.2, 0.25) is 5.91 Å². The fourth-order valence-corrected chi connectivity index (χ4v) is 1.55. The van der Waals surface area contributed by atoms with Crippen molar-refractivity contribution in [3.63, 3.8) is 0 Å². The minimum atomic E-state index is -4.19. The first-order valence-electron chi connectivity index (χ1n) is 5.75. The summed E-state index contributed by atoms with van der Waals surface area (Å²) >= 11 is 0. The molecule has 0 saturated heterocycles. The Labute approximate surface area is 99.9 Å². The Morgan fingerprint density at radius 1 is 1.35 bits per heavy atom. The fraction of sp³-hybridized carbons (Fsp3) is 0.909. The molecule has 0 aliphatic carbocycles. The van der Waals surface area contributed by atoms with Crippen LogP contribution >= 0.6 is 0 Å². The van der Waals surface area contributed by atoms with E-state index in [1.807, 2.05) is 13.8 Å². The lowest BCUT2D eigenvalue weighted by molar-refractivity contribution is -0.138. The summed E-state index contributed by atoms with van der Waals surface area (Å²) in [7, 11) is 0.